The van der Waals surface area contributed by atoms with Crippen molar-refractivity contribution in [2.45, 2.75) is 37.6 Å². The Labute approximate surface area is 151 Å². The highest BCUT2D eigenvalue weighted by molar-refractivity contribution is 7.15. The maximum absolute atomic E-state index is 12.3. The van der Waals surface area contributed by atoms with Crippen LogP contribution in [0.4, 0.5) is 9.93 Å². The van der Waals surface area contributed by atoms with Gasteiger partial charge in [-0.1, -0.05) is 41.7 Å². The topological polar surface area (TPSA) is 70.2 Å². The lowest BCUT2D eigenvalue weighted by Crippen LogP contribution is -2.38. The maximum Gasteiger partial charge on any atom is 0.321 e. The van der Waals surface area contributed by atoms with Crippen LogP contribution in [-0.2, 0) is 0 Å². The van der Waals surface area contributed by atoms with E-state index in [-0.39, 0.29) is 12.1 Å². The van der Waals surface area contributed by atoms with Gasteiger partial charge >= 0.3 is 6.03 Å². The molecule has 1 atom stereocenters. The molecule has 1 aromatic carbocycles. The molecule has 7 heteroatoms. The molecule has 2 amide bonds. The first-order valence-electron chi connectivity index (χ1n) is 8.97. The molecule has 25 heavy (non-hydrogen) atoms. The zero-order valence-corrected chi connectivity index (χ0v) is 15.0. The fourth-order valence-electron chi connectivity index (χ4n) is 3.30. The molecule has 1 aromatic heterocycles. The van der Waals surface area contributed by atoms with Crippen molar-refractivity contribution in [3.05, 3.63) is 40.9 Å². The Bertz CT molecular complexity index is 709. The molecule has 1 aliphatic heterocycles. The van der Waals surface area contributed by atoms with Crippen LogP contribution in [0, 0.1) is 0 Å². The smallest absolute Gasteiger partial charge is 0.321 e. The van der Waals surface area contributed by atoms with E-state index in [2.05, 4.69) is 50.0 Å². The maximum atomic E-state index is 12.3. The average molecular weight is 357 g/mol. The van der Waals surface area contributed by atoms with E-state index < -0.39 is 0 Å². The number of carbonyl (C=O) groups is 1. The molecular formula is C18H23N5OS. The third-order valence-electron chi connectivity index (χ3n) is 4.81. The molecular weight excluding hydrogens is 334 g/mol. The molecule has 0 bridgehead atoms. The highest BCUT2D eigenvalue weighted by atomic mass is 32.1. The third kappa shape index (κ3) is 4.16. The van der Waals surface area contributed by atoms with E-state index in [0.717, 1.165) is 18.1 Å². The summed E-state index contributed by atoms with van der Waals surface area (Å²) in [6, 6.07) is 10.4. The monoisotopic (exact) mass is 357 g/mol. The van der Waals surface area contributed by atoms with Crippen molar-refractivity contribution in [3.8, 4) is 0 Å². The predicted octanol–water partition coefficient (Wildman–Crippen LogP) is 3.37. The van der Waals surface area contributed by atoms with Crippen LogP contribution in [0.1, 0.15) is 48.2 Å². The second-order valence-corrected chi connectivity index (χ2v) is 7.73. The minimum absolute atomic E-state index is 0.210. The SMILES string of the molecule is O=C(NCC(c1ccccc1)N1CCCC1)Nc1nnc(C2CC2)s1. The number of urea groups is 1. The van der Waals surface area contributed by atoms with E-state index in [4.69, 9.17) is 0 Å². The highest BCUT2D eigenvalue weighted by Crippen LogP contribution is 2.42. The van der Waals surface area contributed by atoms with Crippen LogP contribution in [0.25, 0.3) is 0 Å². The van der Waals surface area contributed by atoms with Gasteiger partial charge in [0.2, 0.25) is 5.13 Å². The number of amides is 2. The van der Waals surface area contributed by atoms with E-state index in [1.165, 1.54) is 42.6 Å². The number of hydrogen-bond acceptors (Lipinski definition) is 5. The number of hydrogen-bond donors (Lipinski definition) is 2. The van der Waals surface area contributed by atoms with Crippen molar-refractivity contribution >= 4 is 22.5 Å². The minimum Gasteiger partial charge on any atom is -0.336 e. The molecule has 4 rings (SSSR count). The Balaban J connectivity index is 1.35. The van der Waals surface area contributed by atoms with Crippen LogP contribution >= 0.6 is 11.3 Å². The van der Waals surface area contributed by atoms with Gasteiger partial charge in [-0.3, -0.25) is 10.2 Å². The summed E-state index contributed by atoms with van der Waals surface area (Å²) in [6.07, 6.45) is 4.83. The molecule has 1 saturated heterocycles. The van der Waals surface area contributed by atoms with Crippen LogP contribution in [0.5, 0.6) is 0 Å². The molecule has 0 radical (unpaired) electrons. The van der Waals surface area contributed by atoms with Gasteiger partial charge in [-0.2, -0.15) is 0 Å². The number of nitrogens with one attached hydrogen (secondary N) is 2. The summed E-state index contributed by atoms with van der Waals surface area (Å²) < 4.78 is 0. The van der Waals surface area contributed by atoms with E-state index in [9.17, 15) is 4.79 Å². The Kier molecular flexibility index (Phi) is 4.94. The number of anilines is 1. The molecule has 2 N–H and O–H groups in total. The predicted molar refractivity (Wildman–Crippen MR) is 98.9 cm³/mol. The quantitative estimate of drug-likeness (QED) is 0.831. The molecule has 132 valence electrons. The number of aromatic nitrogens is 2. The molecule has 1 aliphatic carbocycles. The molecule has 2 fully saturated rings. The van der Waals surface area contributed by atoms with Gasteiger partial charge in [-0.15, -0.1) is 10.2 Å². The Morgan fingerprint density at radius 2 is 1.96 bits per heavy atom. The average Bonchev–Trinajstić information content (AvgIpc) is 3.14. The standard InChI is InChI=1S/C18H23N5OS/c24-17(20-18-22-21-16(25-18)14-8-9-14)19-12-15(23-10-4-5-11-23)13-6-2-1-3-7-13/h1-3,6-7,14-15H,4-5,8-12H2,(H2,19,20,22,24). The van der Waals surface area contributed by atoms with E-state index in [1.807, 2.05) is 6.07 Å². The lowest BCUT2D eigenvalue weighted by molar-refractivity contribution is 0.227. The van der Waals surface area contributed by atoms with Gasteiger partial charge in [0, 0.05) is 12.5 Å². The van der Waals surface area contributed by atoms with Crippen LogP contribution in [0.3, 0.4) is 0 Å². The van der Waals surface area contributed by atoms with Crippen molar-refractivity contribution in [3.63, 3.8) is 0 Å². The summed E-state index contributed by atoms with van der Waals surface area (Å²) in [6.45, 7) is 2.76. The van der Waals surface area contributed by atoms with Crippen LogP contribution in [-0.4, -0.2) is 40.8 Å². The summed E-state index contributed by atoms with van der Waals surface area (Å²) in [5.74, 6) is 0.564. The summed E-state index contributed by atoms with van der Waals surface area (Å²) >= 11 is 1.48. The first-order chi connectivity index (χ1) is 12.3. The third-order valence-corrected chi connectivity index (χ3v) is 5.81. The number of carbonyl (C=O) groups excluding carboxylic acids is 1. The second-order valence-electron chi connectivity index (χ2n) is 6.72. The second kappa shape index (κ2) is 7.49. The van der Waals surface area contributed by atoms with Crippen LogP contribution in [0.2, 0.25) is 0 Å². The lowest BCUT2D eigenvalue weighted by atomic mass is 10.1. The van der Waals surface area contributed by atoms with E-state index in [1.54, 1.807) is 0 Å². The minimum atomic E-state index is -0.210. The highest BCUT2D eigenvalue weighted by Gasteiger charge is 2.28. The Morgan fingerprint density at radius 3 is 2.68 bits per heavy atom. The summed E-state index contributed by atoms with van der Waals surface area (Å²) in [4.78, 5) is 14.7. The Morgan fingerprint density at radius 1 is 1.20 bits per heavy atom. The van der Waals surface area contributed by atoms with Crippen LogP contribution < -0.4 is 10.6 Å². The zero-order valence-electron chi connectivity index (χ0n) is 14.1. The van der Waals surface area contributed by atoms with E-state index >= 15 is 0 Å². The fourth-order valence-corrected chi connectivity index (χ4v) is 4.20. The first kappa shape index (κ1) is 16.5. The van der Waals surface area contributed by atoms with Crippen molar-refractivity contribution in [2.75, 3.05) is 25.0 Å². The molecule has 2 heterocycles. The van der Waals surface area contributed by atoms with Crippen molar-refractivity contribution in [1.29, 1.82) is 0 Å². The molecule has 2 aliphatic rings. The molecule has 6 nitrogen and oxygen atoms in total. The summed E-state index contributed by atoms with van der Waals surface area (Å²) in [5, 5.41) is 15.7. The van der Waals surface area contributed by atoms with Gasteiger partial charge in [0.25, 0.3) is 0 Å². The largest absolute Gasteiger partial charge is 0.336 e. The first-order valence-corrected chi connectivity index (χ1v) is 9.78. The normalized spacial score (nSPS) is 18.9. The fraction of sp³-hybridized carbons (Fsp3) is 0.500. The van der Waals surface area contributed by atoms with Gasteiger partial charge < -0.3 is 5.32 Å². The zero-order chi connectivity index (χ0) is 17.1. The van der Waals surface area contributed by atoms with Crippen molar-refractivity contribution in [2.24, 2.45) is 0 Å². The summed E-state index contributed by atoms with van der Waals surface area (Å²) in [7, 11) is 0. The lowest BCUT2D eigenvalue weighted by Gasteiger charge is -2.28. The van der Waals surface area contributed by atoms with Gasteiger partial charge in [0.1, 0.15) is 5.01 Å². The van der Waals surface area contributed by atoms with Crippen molar-refractivity contribution in [1.82, 2.24) is 20.4 Å². The van der Waals surface area contributed by atoms with Gasteiger partial charge in [-0.05, 0) is 44.3 Å². The molecule has 1 unspecified atom stereocenters. The van der Waals surface area contributed by atoms with Gasteiger partial charge in [0.05, 0.1) is 6.04 Å². The number of likely N-dealkylation sites (tertiary alicyclic amines) is 1. The number of benzene rings is 1. The van der Waals surface area contributed by atoms with Gasteiger partial charge in [0.15, 0.2) is 0 Å². The number of rotatable bonds is 6. The van der Waals surface area contributed by atoms with Crippen LogP contribution in [0.15, 0.2) is 30.3 Å². The van der Waals surface area contributed by atoms with Crippen molar-refractivity contribution < 1.29 is 4.79 Å². The molecule has 1 saturated carbocycles. The summed E-state index contributed by atoms with van der Waals surface area (Å²) in [5.41, 5.74) is 1.25. The van der Waals surface area contributed by atoms with E-state index in [0.29, 0.717) is 17.6 Å². The molecule has 0 spiro atoms. The molecule has 2 aromatic rings. The van der Waals surface area contributed by atoms with Gasteiger partial charge in [-0.25, -0.2) is 4.79 Å². The number of nitrogens with zero attached hydrogens (tertiary/aromatic N) is 3. The Hall–Kier alpha value is -1.99.